The molecule has 2 rings (SSSR count). The van der Waals surface area contributed by atoms with Crippen LogP contribution in [0.25, 0.3) is 0 Å². The minimum atomic E-state index is -0.201. The second-order valence-corrected chi connectivity index (χ2v) is 4.71. The van der Waals surface area contributed by atoms with E-state index in [4.69, 9.17) is 10.5 Å². The Labute approximate surface area is 90.8 Å². The standard InChI is InChI=1S/C11H20N2O2/c1-15-11(14)13-6-4-9(5-7-13)10(12)8-2-3-8/h8-10H,2-7,12H2,1H3. The largest absolute Gasteiger partial charge is 0.453 e. The van der Waals surface area contributed by atoms with E-state index in [0.29, 0.717) is 12.0 Å². The molecule has 0 spiro atoms. The molecule has 1 saturated heterocycles. The normalized spacial score (nSPS) is 25.1. The molecule has 1 unspecified atom stereocenters. The number of carbonyl (C=O) groups is 1. The van der Waals surface area contributed by atoms with Gasteiger partial charge in [0, 0.05) is 19.1 Å². The van der Waals surface area contributed by atoms with Gasteiger partial charge in [-0.15, -0.1) is 0 Å². The maximum absolute atomic E-state index is 11.3. The Bertz CT molecular complexity index is 233. The van der Waals surface area contributed by atoms with Crippen LogP contribution in [0.2, 0.25) is 0 Å². The first-order chi connectivity index (χ1) is 7.22. The Kier molecular flexibility index (Phi) is 3.14. The van der Waals surface area contributed by atoms with Crippen LogP contribution in [0.4, 0.5) is 4.79 Å². The Morgan fingerprint density at radius 3 is 2.27 bits per heavy atom. The zero-order valence-corrected chi connectivity index (χ0v) is 9.32. The predicted octanol–water partition coefficient (Wildman–Crippen LogP) is 1.20. The van der Waals surface area contributed by atoms with Crippen molar-refractivity contribution in [3.8, 4) is 0 Å². The lowest BCUT2D eigenvalue weighted by atomic mass is 9.87. The number of hydrogen-bond donors (Lipinski definition) is 1. The van der Waals surface area contributed by atoms with Crippen LogP contribution in [0.5, 0.6) is 0 Å². The first kappa shape index (κ1) is 10.7. The van der Waals surface area contributed by atoms with Gasteiger partial charge in [0.1, 0.15) is 0 Å². The lowest BCUT2D eigenvalue weighted by Gasteiger charge is -2.33. The van der Waals surface area contributed by atoms with Gasteiger partial charge in [-0.05, 0) is 37.5 Å². The molecule has 2 fully saturated rings. The van der Waals surface area contributed by atoms with Crippen LogP contribution in [0, 0.1) is 11.8 Å². The summed E-state index contributed by atoms with van der Waals surface area (Å²) >= 11 is 0. The van der Waals surface area contributed by atoms with Gasteiger partial charge < -0.3 is 15.4 Å². The molecular formula is C11H20N2O2. The highest BCUT2D eigenvalue weighted by Crippen LogP contribution is 2.37. The zero-order valence-electron chi connectivity index (χ0n) is 9.32. The van der Waals surface area contributed by atoms with Crippen molar-refractivity contribution in [2.75, 3.05) is 20.2 Å². The summed E-state index contributed by atoms with van der Waals surface area (Å²) in [5, 5.41) is 0. The van der Waals surface area contributed by atoms with Crippen molar-refractivity contribution >= 4 is 6.09 Å². The van der Waals surface area contributed by atoms with Gasteiger partial charge in [0.25, 0.3) is 0 Å². The summed E-state index contributed by atoms with van der Waals surface area (Å²) in [4.78, 5) is 13.0. The Morgan fingerprint density at radius 2 is 1.80 bits per heavy atom. The van der Waals surface area contributed by atoms with Crippen molar-refractivity contribution in [2.24, 2.45) is 17.6 Å². The fraction of sp³-hybridized carbons (Fsp3) is 0.909. The fourth-order valence-electron chi connectivity index (χ4n) is 2.46. The molecule has 1 aliphatic carbocycles. The molecule has 86 valence electrons. The van der Waals surface area contributed by atoms with Crippen LogP contribution in [-0.4, -0.2) is 37.2 Å². The first-order valence-corrected chi connectivity index (χ1v) is 5.81. The molecule has 0 bridgehead atoms. The van der Waals surface area contributed by atoms with E-state index in [2.05, 4.69) is 0 Å². The zero-order chi connectivity index (χ0) is 10.8. The summed E-state index contributed by atoms with van der Waals surface area (Å²) in [5.74, 6) is 1.37. The Balaban J connectivity index is 1.78. The third-order valence-corrected chi connectivity index (χ3v) is 3.68. The molecule has 1 amide bonds. The van der Waals surface area contributed by atoms with Crippen molar-refractivity contribution in [3.05, 3.63) is 0 Å². The topological polar surface area (TPSA) is 55.6 Å². The molecule has 15 heavy (non-hydrogen) atoms. The first-order valence-electron chi connectivity index (χ1n) is 5.81. The number of amides is 1. The molecular weight excluding hydrogens is 192 g/mol. The molecule has 0 radical (unpaired) electrons. The van der Waals surface area contributed by atoms with Crippen molar-refractivity contribution in [1.82, 2.24) is 4.90 Å². The maximum Gasteiger partial charge on any atom is 0.409 e. The minimum absolute atomic E-state index is 0.201. The average Bonchev–Trinajstić information content (AvgIpc) is 3.11. The molecule has 0 aromatic rings. The lowest BCUT2D eigenvalue weighted by molar-refractivity contribution is 0.101. The number of nitrogens with two attached hydrogens (primary N) is 1. The molecule has 2 N–H and O–H groups in total. The van der Waals surface area contributed by atoms with Gasteiger partial charge in [-0.2, -0.15) is 0 Å². The van der Waals surface area contributed by atoms with Crippen molar-refractivity contribution in [3.63, 3.8) is 0 Å². The van der Waals surface area contributed by atoms with Gasteiger partial charge in [0.15, 0.2) is 0 Å². The van der Waals surface area contributed by atoms with E-state index >= 15 is 0 Å². The van der Waals surface area contributed by atoms with E-state index in [0.717, 1.165) is 31.8 Å². The summed E-state index contributed by atoms with van der Waals surface area (Å²) in [6.07, 6.45) is 4.48. The van der Waals surface area contributed by atoms with E-state index in [1.807, 2.05) is 0 Å². The molecule has 0 aromatic heterocycles. The highest BCUT2D eigenvalue weighted by atomic mass is 16.5. The number of ether oxygens (including phenoxy) is 1. The SMILES string of the molecule is COC(=O)N1CCC(C(N)C2CC2)CC1. The second-order valence-electron chi connectivity index (χ2n) is 4.71. The van der Waals surface area contributed by atoms with Crippen LogP contribution in [0.15, 0.2) is 0 Å². The monoisotopic (exact) mass is 212 g/mol. The quantitative estimate of drug-likeness (QED) is 0.748. The summed E-state index contributed by atoms with van der Waals surface area (Å²) in [6, 6.07) is 0.366. The van der Waals surface area contributed by atoms with Crippen LogP contribution < -0.4 is 5.73 Å². The molecule has 1 saturated carbocycles. The molecule has 4 nitrogen and oxygen atoms in total. The minimum Gasteiger partial charge on any atom is -0.453 e. The Morgan fingerprint density at radius 1 is 1.27 bits per heavy atom. The molecule has 2 aliphatic rings. The van der Waals surface area contributed by atoms with Crippen LogP contribution in [-0.2, 0) is 4.74 Å². The summed E-state index contributed by atoms with van der Waals surface area (Å²) in [5.41, 5.74) is 6.17. The van der Waals surface area contributed by atoms with Gasteiger partial charge in [-0.25, -0.2) is 4.79 Å². The Hall–Kier alpha value is -0.770. The fourth-order valence-corrected chi connectivity index (χ4v) is 2.46. The smallest absolute Gasteiger partial charge is 0.409 e. The van der Waals surface area contributed by atoms with Crippen molar-refractivity contribution in [2.45, 2.75) is 31.7 Å². The third kappa shape index (κ3) is 2.43. The van der Waals surface area contributed by atoms with E-state index in [1.165, 1.54) is 20.0 Å². The second kappa shape index (κ2) is 4.39. The maximum atomic E-state index is 11.3. The lowest BCUT2D eigenvalue weighted by Crippen LogP contribution is -2.44. The molecule has 4 heteroatoms. The van der Waals surface area contributed by atoms with Gasteiger partial charge in [0.05, 0.1) is 7.11 Å². The van der Waals surface area contributed by atoms with E-state index in [1.54, 1.807) is 4.90 Å². The van der Waals surface area contributed by atoms with Gasteiger partial charge in [-0.3, -0.25) is 0 Å². The molecule has 1 aliphatic heterocycles. The number of carbonyl (C=O) groups excluding carboxylic acids is 1. The number of rotatable bonds is 2. The van der Waals surface area contributed by atoms with E-state index < -0.39 is 0 Å². The van der Waals surface area contributed by atoms with Gasteiger partial charge >= 0.3 is 6.09 Å². The third-order valence-electron chi connectivity index (χ3n) is 3.68. The number of nitrogens with zero attached hydrogens (tertiary/aromatic N) is 1. The number of hydrogen-bond acceptors (Lipinski definition) is 3. The summed E-state index contributed by atoms with van der Waals surface area (Å²) < 4.78 is 4.70. The van der Waals surface area contributed by atoms with E-state index in [9.17, 15) is 4.79 Å². The van der Waals surface area contributed by atoms with Crippen molar-refractivity contribution in [1.29, 1.82) is 0 Å². The molecule has 1 heterocycles. The number of piperidine rings is 1. The van der Waals surface area contributed by atoms with Gasteiger partial charge in [-0.1, -0.05) is 0 Å². The highest BCUT2D eigenvalue weighted by molar-refractivity contribution is 5.67. The summed E-state index contributed by atoms with van der Waals surface area (Å²) in [6.45, 7) is 1.61. The predicted molar refractivity (Wildman–Crippen MR) is 57.4 cm³/mol. The highest BCUT2D eigenvalue weighted by Gasteiger charge is 2.36. The molecule has 1 atom stereocenters. The average molecular weight is 212 g/mol. The van der Waals surface area contributed by atoms with E-state index in [-0.39, 0.29) is 6.09 Å². The van der Waals surface area contributed by atoms with Gasteiger partial charge in [0.2, 0.25) is 0 Å². The number of likely N-dealkylation sites (tertiary alicyclic amines) is 1. The number of methoxy groups -OCH3 is 1. The van der Waals surface area contributed by atoms with Crippen molar-refractivity contribution < 1.29 is 9.53 Å². The molecule has 0 aromatic carbocycles. The summed E-state index contributed by atoms with van der Waals surface area (Å²) in [7, 11) is 1.43. The van der Waals surface area contributed by atoms with Crippen LogP contribution >= 0.6 is 0 Å². The van der Waals surface area contributed by atoms with Crippen LogP contribution in [0.1, 0.15) is 25.7 Å². The van der Waals surface area contributed by atoms with Crippen LogP contribution in [0.3, 0.4) is 0 Å².